The van der Waals surface area contributed by atoms with Crippen LogP contribution in [-0.2, 0) is 4.74 Å². The molecule has 0 spiro atoms. The third-order valence-corrected chi connectivity index (χ3v) is 2.78. The number of ether oxygens (including phenoxy) is 1. The van der Waals surface area contributed by atoms with Gasteiger partial charge in [-0.1, -0.05) is 30.0 Å². The SMILES string of the molecule is C=C([B]CCCO)/C=C\c1c(N)cccc1C(=O)OC. The Labute approximate surface area is 120 Å². The van der Waals surface area contributed by atoms with Gasteiger partial charge in [0.1, 0.15) is 0 Å². The van der Waals surface area contributed by atoms with Crippen LogP contribution in [-0.4, -0.2) is 32.1 Å². The molecular weight excluding hydrogens is 253 g/mol. The molecular formula is C15H19BNO3. The predicted octanol–water partition coefficient (Wildman–Crippen LogP) is 2.09. The van der Waals surface area contributed by atoms with Crippen LogP contribution in [0.1, 0.15) is 22.3 Å². The molecule has 0 bridgehead atoms. The number of benzene rings is 1. The van der Waals surface area contributed by atoms with E-state index in [1.165, 1.54) is 7.11 Å². The number of allylic oxidation sites excluding steroid dienone is 2. The van der Waals surface area contributed by atoms with Crippen LogP contribution >= 0.6 is 0 Å². The topological polar surface area (TPSA) is 72.5 Å². The molecule has 0 aliphatic carbocycles. The van der Waals surface area contributed by atoms with Crippen molar-refractivity contribution in [3.8, 4) is 0 Å². The summed E-state index contributed by atoms with van der Waals surface area (Å²) in [5, 5.41) is 8.71. The van der Waals surface area contributed by atoms with Crippen molar-refractivity contribution in [1.29, 1.82) is 0 Å². The van der Waals surface area contributed by atoms with E-state index in [0.29, 0.717) is 23.2 Å². The van der Waals surface area contributed by atoms with Crippen LogP contribution in [0.3, 0.4) is 0 Å². The second-order valence-electron chi connectivity index (χ2n) is 4.28. The second-order valence-corrected chi connectivity index (χ2v) is 4.28. The fourth-order valence-electron chi connectivity index (χ4n) is 1.69. The van der Waals surface area contributed by atoms with Gasteiger partial charge < -0.3 is 15.6 Å². The molecule has 1 rings (SSSR count). The number of hydrogen-bond donors (Lipinski definition) is 2. The highest BCUT2D eigenvalue weighted by Gasteiger charge is 2.11. The molecule has 0 saturated carbocycles. The Balaban J connectivity index is 2.85. The minimum absolute atomic E-state index is 0.158. The van der Waals surface area contributed by atoms with Gasteiger partial charge in [-0.25, -0.2) is 4.79 Å². The fourth-order valence-corrected chi connectivity index (χ4v) is 1.69. The quantitative estimate of drug-likeness (QED) is 0.262. The molecule has 5 heteroatoms. The minimum Gasteiger partial charge on any atom is -0.465 e. The van der Waals surface area contributed by atoms with E-state index in [1.807, 2.05) is 7.28 Å². The summed E-state index contributed by atoms with van der Waals surface area (Å²) < 4.78 is 4.73. The highest BCUT2D eigenvalue weighted by atomic mass is 16.5. The largest absolute Gasteiger partial charge is 0.465 e. The van der Waals surface area contributed by atoms with Crippen LogP contribution < -0.4 is 5.73 Å². The van der Waals surface area contributed by atoms with Gasteiger partial charge in [0.05, 0.1) is 12.7 Å². The van der Waals surface area contributed by atoms with E-state index in [0.717, 1.165) is 11.8 Å². The number of anilines is 1. The van der Waals surface area contributed by atoms with Gasteiger partial charge >= 0.3 is 5.97 Å². The van der Waals surface area contributed by atoms with E-state index in [9.17, 15) is 4.79 Å². The molecule has 0 aromatic heterocycles. The fraction of sp³-hybridized carbons (Fsp3) is 0.267. The summed E-state index contributed by atoms with van der Waals surface area (Å²) in [5.41, 5.74) is 8.24. The van der Waals surface area contributed by atoms with Crippen molar-refractivity contribution in [3.05, 3.63) is 47.5 Å². The first-order valence-corrected chi connectivity index (χ1v) is 6.38. The zero-order chi connectivity index (χ0) is 15.0. The molecule has 1 aromatic carbocycles. The Morgan fingerprint density at radius 1 is 1.55 bits per heavy atom. The Bertz CT molecular complexity index is 512. The van der Waals surface area contributed by atoms with E-state index in [-0.39, 0.29) is 6.61 Å². The second kappa shape index (κ2) is 8.22. The lowest BCUT2D eigenvalue weighted by molar-refractivity contribution is 0.0600. The highest BCUT2D eigenvalue weighted by Crippen LogP contribution is 2.20. The third kappa shape index (κ3) is 4.59. The lowest BCUT2D eigenvalue weighted by Crippen LogP contribution is -2.05. The normalized spacial score (nSPS) is 10.5. The lowest BCUT2D eigenvalue weighted by atomic mass is 9.66. The average Bonchev–Trinajstić information content (AvgIpc) is 2.45. The van der Waals surface area contributed by atoms with Gasteiger partial charge in [0.25, 0.3) is 0 Å². The number of nitrogens with two attached hydrogens (primary N) is 1. The third-order valence-electron chi connectivity index (χ3n) is 2.78. The van der Waals surface area contributed by atoms with Crippen LogP contribution in [0.4, 0.5) is 5.69 Å². The van der Waals surface area contributed by atoms with E-state index in [1.54, 1.807) is 30.4 Å². The number of aliphatic hydroxyl groups is 1. The first-order chi connectivity index (χ1) is 9.60. The summed E-state index contributed by atoms with van der Waals surface area (Å²) in [6.45, 7) is 4.04. The van der Waals surface area contributed by atoms with Gasteiger partial charge in [-0.3, -0.25) is 0 Å². The molecule has 0 aliphatic heterocycles. The summed E-state index contributed by atoms with van der Waals surface area (Å²) in [6.07, 6.45) is 5.00. The van der Waals surface area contributed by atoms with Crippen LogP contribution in [0.2, 0.25) is 6.32 Å². The standard InChI is InChI=1S/C15H19BNO3/c1-11(16-9-4-10-18)7-8-12-13(15(19)20-2)5-3-6-14(12)17/h3,5-8,18H,1,4,9-10,17H2,2H3/b8-7-. The van der Waals surface area contributed by atoms with Crippen molar-refractivity contribution in [3.63, 3.8) is 0 Å². The molecule has 3 N–H and O–H groups in total. The maximum absolute atomic E-state index is 11.7. The lowest BCUT2D eigenvalue weighted by Gasteiger charge is -2.07. The van der Waals surface area contributed by atoms with Crippen molar-refractivity contribution in [2.24, 2.45) is 0 Å². The summed E-state index contributed by atoms with van der Waals surface area (Å²) in [7, 11) is 3.25. The molecule has 1 aromatic rings. The first kappa shape index (κ1) is 16.1. The first-order valence-electron chi connectivity index (χ1n) is 6.38. The summed E-state index contributed by atoms with van der Waals surface area (Å²) in [6, 6.07) is 5.10. The smallest absolute Gasteiger partial charge is 0.338 e. The van der Waals surface area contributed by atoms with Crippen molar-refractivity contribution in [1.82, 2.24) is 0 Å². The monoisotopic (exact) mass is 272 g/mol. The molecule has 0 atom stereocenters. The van der Waals surface area contributed by atoms with Crippen LogP contribution in [0.5, 0.6) is 0 Å². The van der Waals surface area contributed by atoms with Gasteiger partial charge in [0.2, 0.25) is 0 Å². The molecule has 0 amide bonds. The number of hydrogen-bond acceptors (Lipinski definition) is 4. The molecule has 4 nitrogen and oxygen atoms in total. The number of carbonyl (C=O) groups excluding carboxylic acids is 1. The summed E-state index contributed by atoms with van der Waals surface area (Å²) in [4.78, 5) is 11.7. The van der Waals surface area contributed by atoms with Gasteiger partial charge in [-0.05, 0) is 18.6 Å². The maximum atomic E-state index is 11.7. The Morgan fingerprint density at radius 2 is 2.30 bits per heavy atom. The predicted molar refractivity (Wildman–Crippen MR) is 82.6 cm³/mol. The van der Waals surface area contributed by atoms with Crippen molar-refractivity contribution in [2.45, 2.75) is 12.7 Å². The summed E-state index contributed by atoms with van der Waals surface area (Å²) >= 11 is 0. The molecule has 0 fully saturated rings. The molecule has 105 valence electrons. The average molecular weight is 272 g/mol. The highest BCUT2D eigenvalue weighted by molar-refractivity contribution is 6.46. The van der Waals surface area contributed by atoms with Crippen LogP contribution in [0, 0.1) is 0 Å². The molecule has 0 heterocycles. The number of rotatable bonds is 7. The van der Waals surface area contributed by atoms with Gasteiger partial charge in [-0.2, -0.15) is 0 Å². The van der Waals surface area contributed by atoms with Crippen molar-refractivity contribution < 1.29 is 14.6 Å². The number of aliphatic hydroxyl groups excluding tert-OH is 1. The van der Waals surface area contributed by atoms with E-state index < -0.39 is 5.97 Å². The Morgan fingerprint density at radius 3 is 2.95 bits per heavy atom. The number of methoxy groups -OCH3 is 1. The zero-order valence-corrected chi connectivity index (χ0v) is 11.6. The number of esters is 1. The van der Waals surface area contributed by atoms with Crippen LogP contribution in [0.25, 0.3) is 6.08 Å². The van der Waals surface area contributed by atoms with E-state index >= 15 is 0 Å². The van der Waals surface area contributed by atoms with Crippen LogP contribution in [0.15, 0.2) is 36.3 Å². The van der Waals surface area contributed by atoms with Crippen molar-refractivity contribution in [2.75, 3.05) is 19.5 Å². The van der Waals surface area contributed by atoms with E-state index in [4.69, 9.17) is 15.6 Å². The van der Waals surface area contributed by atoms with Gasteiger partial charge in [-0.15, -0.1) is 6.58 Å². The zero-order valence-electron chi connectivity index (χ0n) is 11.6. The molecule has 1 radical (unpaired) electrons. The van der Waals surface area contributed by atoms with E-state index in [2.05, 4.69) is 6.58 Å². The van der Waals surface area contributed by atoms with Gasteiger partial charge in [0, 0.05) is 17.9 Å². The maximum Gasteiger partial charge on any atom is 0.338 e. The number of carbonyl (C=O) groups is 1. The summed E-state index contributed by atoms with van der Waals surface area (Å²) in [5.74, 6) is -0.424. The van der Waals surface area contributed by atoms with Gasteiger partial charge in [0.15, 0.2) is 7.28 Å². The van der Waals surface area contributed by atoms with Crippen molar-refractivity contribution >= 4 is 25.0 Å². The number of nitrogen functional groups attached to an aromatic ring is 1. The Kier molecular flexibility index (Phi) is 6.60. The molecule has 0 aliphatic rings. The molecule has 0 unspecified atom stereocenters. The molecule has 20 heavy (non-hydrogen) atoms. The minimum atomic E-state index is -0.424. The Hall–Kier alpha value is -2.01. The molecule has 0 saturated heterocycles.